The van der Waals surface area contributed by atoms with Gasteiger partial charge in [0.05, 0.1) is 6.04 Å². The van der Waals surface area contributed by atoms with Gasteiger partial charge in [0.25, 0.3) is 0 Å². The average molecular weight is 272 g/mol. The van der Waals surface area contributed by atoms with Crippen molar-refractivity contribution in [2.75, 3.05) is 6.54 Å². The molecule has 1 aromatic rings. The lowest BCUT2D eigenvalue weighted by Crippen LogP contribution is -2.48. The zero-order valence-corrected chi connectivity index (χ0v) is 11.2. The molecule has 1 aromatic carbocycles. The van der Waals surface area contributed by atoms with Crippen LogP contribution in [0.5, 0.6) is 0 Å². The first-order valence-corrected chi connectivity index (χ1v) is 6.57. The Kier molecular flexibility index (Phi) is 4.16. The Bertz CT molecular complexity index is 439. The van der Waals surface area contributed by atoms with Gasteiger partial charge in [-0.15, -0.1) is 0 Å². The van der Waals surface area contributed by atoms with E-state index in [-0.39, 0.29) is 18.1 Å². The van der Waals surface area contributed by atoms with Gasteiger partial charge in [-0.2, -0.15) is 0 Å². The van der Waals surface area contributed by atoms with Gasteiger partial charge in [0.1, 0.15) is 0 Å². The summed E-state index contributed by atoms with van der Waals surface area (Å²) in [5.41, 5.74) is 6.51. The van der Waals surface area contributed by atoms with Crippen molar-refractivity contribution in [1.29, 1.82) is 0 Å². The first-order valence-electron chi connectivity index (χ1n) is 6.57. The molecule has 0 bridgehead atoms. The monoisotopic (exact) mass is 272 g/mol. The van der Waals surface area contributed by atoms with Gasteiger partial charge < -0.3 is 5.73 Å². The highest BCUT2D eigenvalue weighted by molar-refractivity contribution is 5.25. The average Bonchev–Trinajstić information content (AvgIpc) is 2.35. The molecule has 1 heterocycles. The van der Waals surface area contributed by atoms with E-state index in [1.54, 1.807) is 0 Å². The molecule has 1 fully saturated rings. The van der Waals surface area contributed by atoms with Gasteiger partial charge in [-0.3, -0.25) is 4.90 Å². The zero-order valence-electron chi connectivity index (χ0n) is 11.2. The molecule has 0 saturated carbocycles. The minimum Gasteiger partial charge on any atom is -0.326 e. The van der Waals surface area contributed by atoms with Crippen LogP contribution in [0, 0.1) is 17.5 Å². The first-order chi connectivity index (χ1) is 8.91. The molecule has 2 N–H and O–H groups in total. The van der Waals surface area contributed by atoms with E-state index < -0.39 is 17.5 Å². The third-order valence-corrected chi connectivity index (χ3v) is 3.73. The molecule has 106 valence electrons. The minimum absolute atomic E-state index is 0.194. The molecule has 19 heavy (non-hydrogen) atoms. The van der Waals surface area contributed by atoms with Gasteiger partial charge in [0.15, 0.2) is 17.5 Å². The van der Waals surface area contributed by atoms with Gasteiger partial charge in [0.2, 0.25) is 0 Å². The summed E-state index contributed by atoms with van der Waals surface area (Å²) in [5.74, 6) is -3.74. The number of hydrogen-bond donors (Lipinski definition) is 1. The van der Waals surface area contributed by atoms with Crippen LogP contribution in [0.1, 0.15) is 38.3 Å². The topological polar surface area (TPSA) is 29.3 Å². The van der Waals surface area contributed by atoms with E-state index in [2.05, 4.69) is 4.90 Å². The van der Waals surface area contributed by atoms with E-state index in [1.807, 2.05) is 13.8 Å². The molecule has 5 heteroatoms. The summed E-state index contributed by atoms with van der Waals surface area (Å²) in [7, 11) is 0. The smallest absolute Gasteiger partial charge is 0.194 e. The Hall–Kier alpha value is -1.07. The fraction of sp³-hybridized carbons (Fsp3) is 0.571. The maximum Gasteiger partial charge on any atom is 0.194 e. The van der Waals surface area contributed by atoms with E-state index in [0.717, 1.165) is 31.5 Å². The molecular formula is C14H19F3N2. The summed E-state index contributed by atoms with van der Waals surface area (Å²) in [4.78, 5) is 2.11. The zero-order chi connectivity index (χ0) is 14.2. The summed E-state index contributed by atoms with van der Waals surface area (Å²) in [6.45, 7) is 4.86. The number of halogens is 3. The largest absolute Gasteiger partial charge is 0.326 e. The third-order valence-electron chi connectivity index (χ3n) is 3.73. The fourth-order valence-electron chi connectivity index (χ4n) is 2.82. The number of piperidine rings is 1. The first kappa shape index (κ1) is 14.3. The Labute approximate surface area is 111 Å². The second kappa shape index (κ2) is 5.51. The minimum atomic E-state index is -1.43. The second-order valence-corrected chi connectivity index (χ2v) is 5.38. The summed E-state index contributed by atoms with van der Waals surface area (Å²) < 4.78 is 39.8. The van der Waals surface area contributed by atoms with E-state index in [9.17, 15) is 13.2 Å². The van der Waals surface area contributed by atoms with E-state index >= 15 is 0 Å². The number of hydrogen-bond acceptors (Lipinski definition) is 2. The van der Waals surface area contributed by atoms with Gasteiger partial charge in [-0.25, -0.2) is 13.2 Å². The number of rotatable bonds is 2. The van der Waals surface area contributed by atoms with Gasteiger partial charge in [-0.05, 0) is 50.9 Å². The van der Waals surface area contributed by atoms with Crippen molar-refractivity contribution in [3.8, 4) is 0 Å². The summed E-state index contributed by atoms with van der Waals surface area (Å²) in [6.07, 6.45) is 1.76. The molecule has 1 aliphatic heterocycles. The van der Waals surface area contributed by atoms with Crippen molar-refractivity contribution < 1.29 is 13.2 Å². The predicted octanol–water partition coefficient (Wildman–Crippen LogP) is 2.98. The highest BCUT2D eigenvalue weighted by atomic mass is 19.2. The number of benzene rings is 1. The molecule has 2 unspecified atom stereocenters. The normalized spacial score (nSPS) is 25.0. The lowest BCUT2D eigenvalue weighted by molar-refractivity contribution is 0.0941. The molecule has 0 spiro atoms. The molecule has 1 saturated heterocycles. The lowest BCUT2D eigenvalue weighted by Gasteiger charge is -2.42. The molecule has 0 amide bonds. The Balaban J connectivity index is 2.41. The van der Waals surface area contributed by atoms with Crippen molar-refractivity contribution in [1.82, 2.24) is 4.90 Å². The van der Waals surface area contributed by atoms with Crippen LogP contribution in [-0.2, 0) is 0 Å². The predicted molar refractivity (Wildman–Crippen MR) is 68.1 cm³/mol. The van der Waals surface area contributed by atoms with Crippen LogP contribution in [0.4, 0.5) is 13.2 Å². The molecule has 2 rings (SSSR count). The highest BCUT2D eigenvalue weighted by Crippen LogP contribution is 2.33. The lowest BCUT2D eigenvalue weighted by atomic mass is 9.89. The Morgan fingerprint density at radius 2 is 1.79 bits per heavy atom. The Morgan fingerprint density at radius 1 is 1.21 bits per heavy atom. The number of likely N-dealkylation sites (tertiary alicyclic amines) is 1. The molecule has 2 atom stereocenters. The van der Waals surface area contributed by atoms with Crippen LogP contribution >= 0.6 is 0 Å². The van der Waals surface area contributed by atoms with Crippen LogP contribution in [0.25, 0.3) is 0 Å². The van der Waals surface area contributed by atoms with Crippen LogP contribution in [0.2, 0.25) is 0 Å². The standard InChI is InChI=1S/C14H19F3N2/c1-8(2)19-5-3-4-12(18)14(19)9-6-10(15)13(17)11(16)7-9/h6-8,12,14H,3-5,18H2,1-2H3. The van der Waals surface area contributed by atoms with Crippen molar-refractivity contribution in [3.05, 3.63) is 35.1 Å². The van der Waals surface area contributed by atoms with Crippen molar-refractivity contribution in [3.63, 3.8) is 0 Å². The molecule has 0 aliphatic carbocycles. The molecule has 0 aromatic heterocycles. The second-order valence-electron chi connectivity index (χ2n) is 5.38. The summed E-state index contributed by atoms with van der Waals surface area (Å²) >= 11 is 0. The van der Waals surface area contributed by atoms with Crippen LogP contribution in [0.15, 0.2) is 12.1 Å². The van der Waals surface area contributed by atoms with Crippen LogP contribution in [0.3, 0.4) is 0 Å². The third kappa shape index (κ3) is 2.77. The number of nitrogens with zero attached hydrogens (tertiary/aromatic N) is 1. The fourth-order valence-corrected chi connectivity index (χ4v) is 2.82. The van der Waals surface area contributed by atoms with E-state index in [0.29, 0.717) is 5.56 Å². The van der Waals surface area contributed by atoms with Gasteiger partial charge >= 0.3 is 0 Å². The Morgan fingerprint density at radius 3 is 2.32 bits per heavy atom. The van der Waals surface area contributed by atoms with Crippen LogP contribution in [-0.4, -0.2) is 23.5 Å². The van der Waals surface area contributed by atoms with E-state index in [1.165, 1.54) is 0 Å². The molecule has 2 nitrogen and oxygen atoms in total. The van der Waals surface area contributed by atoms with E-state index in [4.69, 9.17) is 5.73 Å². The maximum atomic E-state index is 13.4. The van der Waals surface area contributed by atoms with Crippen molar-refractivity contribution in [2.24, 2.45) is 5.73 Å². The highest BCUT2D eigenvalue weighted by Gasteiger charge is 2.32. The van der Waals surface area contributed by atoms with Crippen molar-refractivity contribution in [2.45, 2.75) is 44.8 Å². The quantitative estimate of drug-likeness (QED) is 0.839. The molecular weight excluding hydrogens is 253 g/mol. The SMILES string of the molecule is CC(C)N1CCCC(N)C1c1cc(F)c(F)c(F)c1. The molecule has 0 radical (unpaired) electrons. The summed E-state index contributed by atoms with van der Waals surface area (Å²) in [5, 5.41) is 0. The maximum absolute atomic E-state index is 13.4. The van der Waals surface area contributed by atoms with Crippen molar-refractivity contribution >= 4 is 0 Å². The van der Waals surface area contributed by atoms with Crippen LogP contribution < -0.4 is 5.73 Å². The number of nitrogens with two attached hydrogens (primary N) is 1. The summed E-state index contributed by atoms with van der Waals surface area (Å²) in [6, 6.07) is 1.87. The van der Waals surface area contributed by atoms with Gasteiger partial charge in [-0.1, -0.05) is 0 Å². The molecule has 1 aliphatic rings. The van der Waals surface area contributed by atoms with Gasteiger partial charge in [0, 0.05) is 12.1 Å².